The first kappa shape index (κ1) is 14.0. The molecule has 0 saturated carbocycles. The molecule has 4 heteroatoms. The Morgan fingerprint density at radius 3 is 2.44 bits per heavy atom. The Kier molecular flexibility index (Phi) is 5.11. The van der Waals surface area contributed by atoms with Gasteiger partial charge in [0, 0.05) is 19.9 Å². The molecule has 1 aromatic rings. The summed E-state index contributed by atoms with van der Waals surface area (Å²) in [7, 11) is 0. The Labute approximate surface area is 107 Å². The van der Waals surface area contributed by atoms with E-state index in [0.717, 1.165) is 5.56 Å². The second-order valence-electron chi connectivity index (χ2n) is 4.00. The van der Waals surface area contributed by atoms with E-state index < -0.39 is 12.0 Å². The van der Waals surface area contributed by atoms with Gasteiger partial charge in [-0.3, -0.25) is 4.79 Å². The largest absolute Gasteiger partial charge is 0.480 e. The van der Waals surface area contributed by atoms with Gasteiger partial charge < -0.3 is 10.0 Å². The summed E-state index contributed by atoms with van der Waals surface area (Å²) >= 11 is 0. The van der Waals surface area contributed by atoms with Gasteiger partial charge in [-0.25, -0.2) is 4.79 Å². The first-order valence-corrected chi connectivity index (χ1v) is 5.71. The predicted molar refractivity (Wildman–Crippen MR) is 69.2 cm³/mol. The quantitative estimate of drug-likeness (QED) is 0.779. The van der Waals surface area contributed by atoms with Crippen LogP contribution < -0.4 is 0 Å². The molecule has 1 atom stereocenters. The van der Waals surface area contributed by atoms with Crippen molar-refractivity contribution in [1.82, 2.24) is 4.90 Å². The standard InChI is InChI=1S/C14H17NO3/c1-3-9-15(11(2)16)13(14(17)18)10-12-7-5-4-6-8-12/h3-8,13H,1,9-10H2,2H3,(H,17,18). The molecule has 1 aromatic carbocycles. The molecule has 96 valence electrons. The molecule has 0 aliphatic heterocycles. The van der Waals surface area contributed by atoms with Crippen LogP contribution in [0.5, 0.6) is 0 Å². The summed E-state index contributed by atoms with van der Waals surface area (Å²) in [4.78, 5) is 24.1. The molecular weight excluding hydrogens is 230 g/mol. The lowest BCUT2D eigenvalue weighted by Crippen LogP contribution is -2.45. The monoisotopic (exact) mass is 247 g/mol. The molecule has 4 nitrogen and oxygen atoms in total. The van der Waals surface area contributed by atoms with Crippen molar-refractivity contribution >= 4 is 11.9 Å². The third kappa shape index (κ3) is 3.73. The van der Waals surface area contributed by atoms with E-state index in [1.807, 2.05) is 30.3 Å². The molecule has 0 spiro atoms. The van der Waals surface area contributed by atoms with E-state index in [9.17, 15) is 14.7 Å². The van der Waals surface area contributed by atoms with E-state index in [1.54, 1.807) is 0 Å². The van der Waals surface area contributed by atoms with Crippen molar-refractivity contribution in [2.45, 2.75) is 19.4 Å². The van der Waals surface area contributed by atoms with Crippen molar-refractivity contribution in [3.8, 4) is 0 Å². The van der Waals surface area contributed by atoms with Gasteiger partial charge in [0.2, 0.25) is 5.91 Å². The van der Waals surface area contributed by atoms with E-state index in [4.69, 9.17) is 0 Å². The summed E-state index contributed by atoms with van der Waals surface area (Å²) in [5.74, 6) is -1.27. The topological polar surface area (TPSA) is 57.6 Å². The smallest absolute Gasteiger partial charge is 0.326 e. The Morgan fingerprint density at radius 2 is 2.00 bits per heavy atom. The van der Waals surface area contributed by atoms with Gasteiger partial charge in [0.05, 0.1) is 0 Å². The number of carbonyl (C=O) groups excluding carboxylic acids is 1. The Balaban J connectivity index is 2.91. The summed E-state index contributed by atoms with van der Waals surface area (Å²) in [5.41, 5.74) is 0.889. The van der Waals surface area contributed by atoms with Crippen LogP contribution in [0, 0.1) is 0 Å². The number of carboxylic acid groups (broad SMARTS) is 1. The zero-order valence-corrected chi connectivity index (χ0v) is 10.4. The lowest BCUT2D eigenvalue weighted by atomic mass is 10.0. The number of rotatable bonds is 6. The highest BCUT2D eigenvalue weighted by atomic mass is 16.4. The third-order valence-corrected chi connectivity index (χ3v) is 2.66. The third-order valence-electron chi connectivity index (χ3n) is 2.66. The minimum Gasteiger partial charge on any atom is -0.480 e. The van der Waals surface area contributed by atoms with Gasteiger partial charge in [0.1, 0.15) is 6.04 Å². The Morgan fingerprint density at radius 1 is 1.39 bits per heavy atom. The maximum absolute atomic E-state index is 11.5. The fraction of sp³-hybridized carbons (Fsp3) is 0.286. The fourth-order valence-corrected chi connectivity index (χ4v) is 1.78. The van der Waals surface area contributed by atoms with E-state index in [2.05, 4.69) is 6.58 Å². The summed E-state index contributed by atoms with van der Waals surface area (Å²) in [5, 5.41) is 9.25. The molecule has 0 aromatic heterocycles. The average Bonchev–Trinajstić information content (AvgIpc) is 2.34. The van der Waals surface area contributed by atoms with Crippen LogP contribution in [-0.2, 0) is 16.0 Å². The number of aliphatic carboxylic acids is 1. The van der Waals surface area contributed by atoms with Crippen molar-refractivity contribution in [3.05, 3.63) is 48.6 Å². The average molecular weight is 247 g/mol. The van der Waals surface area contributed by atoms with Crippen LogP contribution in [0.2, 0.25) is 0 Å². The molecule has 1 rings (SSSR count). The van der Waals surface area contributed by atoms with Crippen molar-refractivity contribution in [1.29, 1.82) is 0 Å². The molecule has 0 heterocycles. The molecular formula is C14H17NO3. The van der Waals surface area contributed by atoms with Crippen LogP contribution in [0.4, 0.5) is 0 Å². The highest BCUT2D eigenvalue weighted by Crippen LogP contribution is 2.10. The molecule has 18 heavy (non-hydrogen) atoms. The summed E-state index contributed by atoms with van der Waals surface area (Å²) in [6.45, 7) is 5.15. The first-order chi connectivity index (χ1) is 8.56. The summed E-state index contributed by atoms with van der Waals surface area (Å²) in [6.07, 6.45) is 1.83. The van der Waals surface area contributed by atoms with E-state index in [1.165, 1.54) is 17.9 Å². The van der Waals surface area contributed by atoms with E-state index in [0.29, 0.717) is 6.42 Å². The zero-order valence-electron chi connectivity index (χ0n) is 10.4. The van der Waals surface area contributed by atoms with Gasteiger partial charge >= 0.3 is 5.97 Å². The minimum atomic E-state index is -1.00. The lowest BCUT2D eigenvalue weighted by Gasteiger charge is -2.26. The lowest BCUT2D eigenvalue weighted by molar-refractivity contribution is -0.148. The molecule has 1 N–H and O–H groups in total. The number of hydrogen-bond acceptors (Lipinski definition) is 2. The number of carboxylic acids is 1. The highest BCUT2D eigenvalue weighted by molar-refractivity contribution is 5.82. The van der Waals surface area contributed by atoms with Crippen molar-refractivity contribution in [2.24, 2.45) is 0 Å². The molecule has 0 radical (unpaired) electrons. The molecule has 0 saturated heterocycles. The summed E-state index contributed by atoms with van der Waals surface area (Å²) in [6, 6.07) is 8.40. The summed E-state index contributed by atoms with van der Waals surface area (Å²) < 4.78 is 0. The fourth-order valence-electron chi connectivity index (χ4n) is 1.78. The van der Waals surface area contributed by atoms with Gasteiger partial charge in [-0.15, -0.1) is 6.58 Å². The van der Waals surface area contributed by atoms with Gasteiger partial charge in [0.25, 0.3) is 0 Å². The number of benzene rings is 1. The van der Waals surface area contributed by atoms with E-state index in [-0.39, 0.29) is 12.5 Å². The predicted octanol–water partition coefficient (Wildman–Crippen LogP) is 1.72. The van der Waals surface area contributed by atoms with E-state index >= 15 is 0 Å². The second kappa shape index (κ2) is 6.59. The first-order valence-electron chi connectivity index (χ1n) is 5.71. The number of amides is 1. The number of nitrogens with zero attached hydrogens (tertiary/aromatic N) is 1. The van der Waals surface area contributed by atoms with Crippen LogP contribution >= 0.6 is 0 Å². The van der Waals surface area contributed by atoms with Gasteiger partial charge in [-0.2, -0.15) is 0 Å². The second-order valence-corrected chi connectivity index (χ2v) is 4.00. The maximum atomic E-state index is 11.5. The van der Waals surface area contributed by atoms with Gasteiger partial charge in [-0.05, 0) is 5.56 Å². The SMILES string of the molecule is C=CCN(C(C)=O)C(Cc1ccccc1)C(=O)O. The molecule has 0 aliphatic rings. The van der Waals surface area contributed by atoms with Gasteiger partial charge in [0.15, 0.2) is 0 Å². The maximum Gasteiger partial charge on any atom is 0.326 e. The van der Waals surface area contributed by atoms with Crippen LogP contribution in [0.1, 0.15) is 12.5 Å². The van der Waals surface area contributed by atoms with Crippen LogP contribution in [0.15, 0.2) is 43.0 Å². The zero-order chi connectivity index (χ0) is 13.5. The molecule has 1 unspecified atom stereocenters. The number of carbonyl (C=O) groups is 2. The number of hydrogen-bond donors (Lipinski definition) is 1. The van der Waals surface area contributed by atoms with Crippen LogP contribution in [-0.4, -0.2) is 34.5 Å². The van der Waals surface area contributed by atoms with Crippen molar-refractivity contribution in [2.75, 3.05) is 6.54 Å². The highest BCUT2D eigenvalue weighted by Gasteiger charge is 2.26. The molecule has 0 bridgehead atoms. The Hall–Kier alpha value is -2.10. The van der Waals surface area contributed by atoms with Crippen LogP contribution in [0.25, 0.3) is 0 Å². The molecule has 0 aliphatic carbocycles. The molecule has 0 fully saturated rings. The Bertz CT molecular complexity index is 428. The van der Waals surface area contributed by atoms with Crippen molar-refractivity contribution in [3.63, 3.8) is 0 Å². The molecule has 1 amide bonds. The minimum absolute atomic E-state index is 0.235. The van der Waals surface area contributed by atoms with Crippen LogP contribution in [0.3, 0.4) is 0 Å². The van der Waals surface area contributed by atoms with Crippen molar-refractivity contribution < 1.29 is 14.7 Å². The normalized spacial score (nSPS) is 11.6. The van der Waals surface area contributed by atoms with Gasteiger partial charge in [-0.1, -0.05) is 36.4 Å².